The van der Waals surface area contributed by atoms with Gasteiger partial charge in [0, 0.05) is 36.8 Å². The van der Waals surface area contributed by atoms with Crippen LogP contribution < -0.4 is 10.2 Å². The number of rotatable bonds is 4. The number of nitrogens with zero attached hydrogens (tertiary/aromatic N) is 5. The number of aryl methyl sites for hydroxylation is 4. The molecule has 3 heterocycles. The molecule has 0 spiro atoms. The standard InChI is InChI=1S/C20H26N6/c1-13-22-18-8-4-6-16(18)20(23-13)21-10-14-11-26(12-14)19-9-15-5-2-3-7-17(15)24-25-19/h9,14H,2-8,10-12H2,1H3,(H,21,22,23). The summed E-state index contributed by atoms with van der Waals surface area (Å²) in [5, 5.41) is 12.5. The summed E-state index contributed by atoms with van der Waals surface area (Å²) in [5.74, 6) is 3.64. The summed E-state index contributed by atoms with van der Waals surface area (Å²) in [7, 11) is 0. The van der Waals surface area contributed by atoms with Gasteiger partial charge in [0.15, 0.2) is 5.82 Å². The largest absolute Gasteiger partial charge is 0.369 e. The van der Waals surface area contributed by atoms with Gasteiger partial charge in [-0.05, 0) is 63.5 Å². The van der Waals surface area contributed by atoms with E-state index >= 15 is 0 Å². The van der Waals surface area contributed by atoms with E-state index in [1.54, 1.807) is 0 Å². The molecule has 2 aromatic rings. The second-order valence-electron chi connectivity index (χ2n) is 7.93. The van der Waals surface area contributed by atoms with E-state index in [9.17, 15) is 0 Å². The molecule has 0 aromatic carbocycles. The summed E-state index contributed by atoms with van der Waals surface area (Å²) in [6.45, 7) is 5.06. The van der Waals surface area contributed by atoms with Gasteiger partial charge in [-0.3, -0.25) is 0 Å². The highest BCUT2D eigenvalue weighted by Gasteiger charge is 2.29. The molecular weight excluding hydrogens is 324 g/mol. The van der Waals surface area contributed by atoms with Crippen LogP contribution >= 0.6 is 0 Å². The van der Waals surface area contributed by atoms with Crippen molar-refractivity contribution in [3.05, 3.63) is 34.4 Å². The molecule has 136 valence electrons. The summed E-state index contributed by atoms with van der Waals surface area (Å²) in [4.78, 5) is 11.6. The number of fused-ring (bicyclic) bond motifs is 2. The minimum atomic E-state index is 0.639. The second-order valence-corrected chi connectivity index (χ2v) is 7.93. The Morgan fingerprint density at radius 2 is 1.85 bits per heavy atom. The molecule has 3 aliphatic rings. The predicted molar refractivity (Wildman–Crippen MR) is 102 cm³/mol. The van der Waals surface area contributed by atoms with Gasteiger partial charge in [0.2, 0.25) is 0 Å². The van der Waals surface area contributed by atoms with Gasteiger partial charge >= 0.3 is 0 Å². The zero-order chi connectivity index (χ0) is 17.5. The van der Waals surface area contributed by atoms with Crippen LogP contribution in [0.15, 0.2) is 6.07 Å². The van der Waals surface area contributed by atoms with Gasteiger partial charge in [0.25, 0.3) is 0 Å². The van der Waals surface area contributed by atoms with Gasteiger partial charge < -0.3 is 10.2 Å². The second kappa shape index (κ2) is 6.49. The average Bonchev–Trinajstić information content (AvgIpc) is 3.08. The molecular formula is C20H26N6. The molecule has 0 bridgehead atoms. The Hall–Kier alpha value is -2.24. The van der Waals surface area contributed by atoms with Crippen LogP contribution in [0.4, 0.5) is 11.6 Å². The number of aromatic nitrogens is 4. The number of hydrogen-bond donors (Lipinski definition) is 1. The fourth-order valence-electron chi connectivity index (χ4n) is 4.46. The molecule has 1 saturated heterocycles. The van der Waals surface area contributed by atoms with E-state index in [0.717, 1.165) is 62.8 Å². The summed E-state index contributed by atoms with van der Waals surface area (Å²) in [6, 6.07) is 2.27. The number of nitrogens with one attached hydrogen (secondary N) is 1. The molecule has 0 unspecified atom stereocenters. The highest BCUT2D eigenvalue weighted by atomic mass is 15.3. The van der Waals surface area contributed by atoms with Gasteiger partial charge in [-0.2, -0.15) is 5.10 Å². The van der Waals surface area contributed by atoms with Gasteiger partial charge in [-0.15, -0.1) is 5.10 Å². The van der Waals surface area contributed by atoms with Crippen molar-refractivity contribution < 1.29 is 0 Å². The van der Waals surface area contributed by atoms with E-state index in [0.29, 0.717) is 5.92 Å². The Labute approximate surface area is 154 Å². The monoisotopic (exact) mass is 350 g/mol. The molecule has 2 aliphatic carbocycles. The normalized spacial score (nSPS) is 19.0. The van der Waals surface area contributed by atoms with Crippen LogP contribution in [-0.2, 0) is 25.7 Å². The van der Waals surface area contributed by atoms with Crippen molar-refractivity contribution in [2.24, 2.45) is 5.92 Å². The van der Waals surface area contributed by atoms with Gasteiger partial charge in [-0.25, -0.2) is 9.97 Å². The van der Waals surface area contributed by atoms with Crippen LogP contribution in [0.1, 0.15) is 47.6 Å². The minimum Gasteiger partial charge on any atom is -0.369 e. The van der Waals surface area contributed by atoms with Gasteiger partial charge in [0.1, 0.15) is 11.6 Å². The smallest absolute Gasteiger partial charge is 0.151 e. The van der Waals surface area contributed by atoms with Crippen molar-refractivity contribution in [2.45, 2.75) is 51.9 Å². The maximum Gasteiger partial charge on any atom is 0.151 e. The quantitative estimate of drug-likeness (QED) is 0.914. The molecule has 26 heavy (non-hydrogen) atoms. The lowest BCUT2D eigenvalue weighted by Crippen LogP contribution is -2.50. The van der Waals surface area contributed by atoms with Crippen LogP contribution in [0.5, 0.6) is 0 Å². The lowest BCUT2D eigenvalue weighted by Gasteiger charge is -2.40. The van der Waals surface area contributed by atoms with Crippen molar-refractivity contribution in [3.8, 4) is 0 Å². The third kappa shape index (κ3) is 2.91. The molecule has 0 amide bonds. The maximum absolute atomic E-state index is 4.64. The fraction of sp³-hybridized carbons (Fsp3) is 0.600. The Morgan fingerprint density at radius 1 is 1.00 bits per heavy atom. The molecule has 0 radical (unpaired) electrons. The van der Waals surface area contributed by atoms with Crippen molar-refractivity contribution in [2.75, 3.05) is 29.9 Å². The first-order chi connectivity index (χ1) is 12.8. The Morgan fingerprint density at radius 3 is 2.77 bits per heavy atom. The van der Waals surface area contributed by atoms with Gasteiger partial charge in [-0.1, -0.05) is 0 Å². The zero-order valence-electron chi connectivity index (χ0n) is 15.5. The van der Waals surface area contributed by atoms with Crippen molar-refractivity contribution >= 4 is 11.6 Å². The van der Waals surface area contributed by atoms with Crippen LogP contribution in [0, 0.1) is 12.8 Å². The molecule has 5 rings (SSSR count). The molecule has 0 saturated carbocycles. The first-order valence-electron chi connectivity index (χ1n) is 9.97. The SMILES string of the molecule is Cc1nc2c(c(NCC3CN(c4cc5c(nn4)CCCC5)C3)n1)CCC2. The maximum atomic E-state index is 4.64. The molecule has 6 nitrogen and oxygen atoms in total. The minimum absolute atomic E-state index is 0.639. The van der Waals surface area contributed by atoms with Crippen LogP contribution in [0.3, 0.4) is 0 Å². The summed E-state index contributed by atoms with van der Waals surface area (Å²) in [6.07, 6.45) is 8.21. The van der Waals surface area contributed by atoms with Crippen molar-refractivity contribution in [1.82, 2.24) is 20.2 Å². The van der Waals surface area contributed by atoms with Crippen molar-refractivity contribution in [1.29, 1.82) is 0 Å². The lowest BCUT2D eigenvalue weighted by atomic mass is 9.95. The third-order valence-electron chi connectivity index (χ3n) is 5.94. The highest BCUT2D eigenvalue weighted by molar-refractivity contribution is 5.50. The zero-order valence-corrected chi connectivity index (χ0v) is 15.5. The van der Waals surface area contributed by atoms with E-state index in [1.807, 2.05) is 6.92 Å². The number of anilines is 2. The molecule has 1 aliphatic heterocycles. The highest BCUT2D eigenvalue weighted by Crippen LogP contribution is 2.29. The van der Waals surface area contributed by atoms with E-state index in [-0.39, 0.29) is 0 Å². The summed E-state index contributed by atoms with van der Waals surface area (Å²) >= 11 is 0. The van der Waals surface area contributed by atoms with Crippen LogP contribution in [0.2, 0.25) is 0 Å². The first kappa shape index (κ1) is 16.0. The van der Waals surface area contributed by atoms with E-state index in [2.05, 4.69) is 36.4 Å². The van der Waals surface area contributed by atoms with Crippen LogP contribution in [-0.4, -0.2) is 39.8 Å². The Bertz CT molecular complexity index is 827. The van der Waals surface area contributed by atoms with E-state index < -0.39 is 0 Å². The molecule has 2 aromatic heterocycles. The van der Waals surface area contributed by atoms with E-state index in [1.165, 1.54) is 41.8 Å². The fourth-order valence-corrected chi connectivity index (χ4v) is 4.46. The third-order valence-corrected chi connectivity index (χ3v) is 5.94. The number of hydrogen-bond acceptors (Lipinski definition) is 6. The molecule has 0 atom stereocenters. The van der Waals surface area contributed by atoms with Crippen molar-refractivity contribution in [3.63, 3.8) is 0 Å². The van der Waals surface area contributed by atoms with E-state index in [4.69, 9.17) is 0 Å². The topological polar surface area (TPSA) is 66.8 Å². The summed E-state index contributed by atoms with van der Waals surface area (Å²) in [5.41, 5.74) is 5.22. The van der Waals surface area contributed by atoms with Crippen LogP contribution in [0.25, 0.3) is 0 Å². The summed E-state index contributed by atoms with van der Waals surface area (Å²) < 4.78 is 0. The Kier molecular flexibility index (Phi) is 3.98. The first-order valence-corrected chi connectivity index (χ1v) is 9.97. The molecule has 1 fully saturated rings. The Balaban J connectivity index is 1.19. The lowest BCUT2D eigenvalue weighted by molar-refractivity contribution is 0.424. The molecule has 1 N–H and O–H groups in total. The van der Waals surface area contributed by atoms with Gasteiger partial charge in [0.05, 0.1) is 5.69 Å². The predicted octanol–water partition coefficient (Wildman–Crippen LogP) is 2.49. The molecule has 6 heteroatoms. The average molecular weight is 350 g/mol.